The molecule has 1 heterocycles. The molecule has 0 saturated carbocycles. The van der Waals surface area contributed by atoms with E-state index >= 15 is 0 Å². The molecule has 0 aliphatic carbocycles. The minimum absolute atomic E-state index is 0.690. The molecule has 5 heteroatoms. The molecule has 2 rings (SSSR count). The average Bonchev–Trinajstić information content (AvgIpc) is 2.86. The van der Waals surface area contributed by atoms with Crippen molar-refractivity contribution in [1.82, 2.24) is 15.2 Å². The van der Waals surface area contributed by atoms with Crippen LogP contribution in [0.2, 0.25) is 0 Å². The highest BCUT2D eigenvalue weighted by atomic mass is 32.1. The second-order valence-corrected chi connectivity index (χ2v) is 6.02. The average molecular weight is 305 g/mol. The van der Waals surface area contributed by atoms with Crippen molar-refractivity contribution in [3.05, 3.63) is 45.9 Å². The first-order chi connectivity index (χ1) is 10.2. The fourth-order valence-corrected chi connectivity index (χ4v) is 2.95. The second kappa shape index (κ2) is 8.12. The van der Waals surface area contributed by atoms with Crippen LogP contribution in [0.5, 0.6) is 5.75 Å². The molecule has 114 valence electrons. The van der Waals surface area contributed by atoms with Crippen LogP contribution in [-0.2, 0) is 13.1 Å². The van der Waals surface area contributed by atoms with Crippen molar-refractivity contribution in [3.63, 3.8) is 0 Å². The third-order valence-corrected chi connectivity index (χ3v) is 4.25. The van der Waals surface area contributed by atoms with Gasteiger partial charge < -0.3 is 10.1 Å². The first-order valence-electron chi connectivity index (χ1n) is 7.13. The van der Waals surface area contributed by atoms with Gasteiger partial charge in [-0.05, 0) is 27.1 Å². The lowest BCUT2D eigenvalue weighted by molar-refractivity contribution is 0.232. The SMILES string of the molecule is CNCc1ccccc1OCCN(C)Cc1scnc1C. The van der Waals surface area contributed by atoms with Crippen LogP contribution >= 0.6 is 11.3 Å². The van der Waals surface area contributed by atoms with E-state index in [-0.39, 0.29) is 0 Å². The lowest BCUT2D eigenvalue weighted by Crippen LogP contribution is -2.24. The van der Waals surface area contributed by atoms with Gasteiger partial charge in [-0.15, -0.1) is 11.3 Å². The third-order valence-electron chi connectivity index (χ3n) is 3.33. The van der Waals surface area contributed by atoms with Crippen LogP contribution in [0.4, 0.5) is 0 Å². The maximum atomic E-state index is 5.92. The van der Waals surface area contributed by atoms with Crippen LogP contribution in [0.15, 0.2) is 29.8 Å². The van der Waals surface area contributed by atoms with E-state index in [0.717, 1.165) is 31.1 Å². The van der Waals surface area contributed by atoms with E-state index in [0.29, 0.717) is 6.61 Å². The van der Waals surface area contributed by atoms with Gasteiger partial charge in [0.25, 0.3) is 0 Å². The largest absolute Gasteiger partial charge is 0.492 e. The van der Waals surface area contributed by atoms with Gasteiger partial charge >= 0.3 is 0 Å². The summed E-state index contributed by atoms with van der Waals surface area (Å²) in [6, 6.07) is 8.17. The maximum absolute atomic E-state index is 5.92. The zero-order valence-corrected chi connectivity index (χ0v) is 13.7. The predicted octanol–water partition coefficient (Wildman–Crippen LogP) is 2.68. The molecule has 0 unspecified atom stereocenters. The summed E-state index contributed by atoms with van der Waals surface area (Å²) in [6.07, 6.45) is 0. The number of aromatic nitrogens is 1. The van der Waals surface area contributed by atoms with E-state index in [9.17, 15) is 0 Å². The number of hydrogen-bond donors (Lipinski definition) is 1. The first-order valence-corrected chi connectivity index (χ1v) is 8.01. The summed E-state index contributed by atoms with van der Waals surface area (Å²) >= 11 is 1.71. The normalized spacial score (nSPS) is 11.0. The molecular formula is C16H23N3OS. The quantitative estimate of drug-likeness (QED) is 0.813. The number of rotatable bonds is 8. The predicted molar refractivity (Wildman–Crippen MR) is 87.9 cm³/mol. The van der Waals surface area contributed by atoms with Crippen molar-refractivity contribution >= 4 is 11.3 Å². The number of hydrogen-bond acceptors (Lipinski definition) is 5. The monoisotopic (exact) mass is 305 g/mol. The summed E-state index contributed by atoms with van der Waals surface area (Å²) in [5.74, 6) is 0.967. The Bertz CT molecular complexity index is 556. The van der Waals surface area contributed by atoms with Crippen LogP contribution in [-0.4, -0.2) is 37.1 Å². The summed E-state index contributed by atoms with van der Waals surface area (Å²) < 4.78 is 5.92. The highest BCUT2D eigenvalue weighted by molar-refractivity contribution is 7.09. The Morgan fingerprint density at radius 1 is 1.33 bits per heavy atom. The smallest absolute Gasteiger partial charge is 0.123 e. The Balaban J connectivity index is 1.80. The summed E-state index contributed by atoms with van der Waals surface area (Å²) in [6.45, 7) is 5.40. The number of nitrogens with one attached hydrogen (secondary N) is 1. The first kappa shape index (κ1) is 15.9. The fourth-order valence-electron chi connectivity index (χ4n) is 2.09. The van der Waals surface area contributed by atoms with Crippen LogP contribution in [0, 0.1) is 6.92 Å². The van der Waals surface area contributed by atoms with Gasteiger partial charge in [-0.3, -0.25) is 4.90 Å². The zero-order chi connectivity index (χ0) is 15.1. The molecule has 21 heavy (non-hydrogen) atoms. The van der Waals surface area contributed by atoms with E-state index < -0.39 is 0 Å². The molecule has 0 bridgehead atoms. The number of likely N-dealkylation sites (N-methyl/N-ethyl adjacent to an activating group) is 1. The Morgan fingerprint density at radius 2 is 2.14 bits per heavy atom. The molecule has 1 aromatic carbocycles. The van der Waals surface area contributed by atoms with Gasteiger partial charge in [-0.25, -0.2) is 4.98 Å². The van der Waals surface area contributed by atoms with Gasteiger partial charge in [0.15, 0.2) is 0 Å². The van der Waals surface area contributed by atoms with Crippen molar-refractivity contribution in [2.24, 2.45) is 0 Å². The minimum atomic E-state index is 0.690. The molecule has 4 nitrogen and oxygen atoms in total. The number of thiazole rings is 1. The number of benzene rings is 1. The van der Waals surface area contributed by atoms with Crippen molar-refractivity contribution in [2.45, 2.75) is 20.0 Å². The number of ether oxygens (including phenoxy) is 1. The molecule has 2 aromatic rings. The lowest BCUT2D eigenvalue weighted by atomic mass is 10.2. The van der Waals surface area contributed by atoms with E-state index in [4.69, 9.17) is 4.74 Å². The van der Waals surface area contributed by atoms with Gasteiger partial charge in [0.05, 0.1) is 11.2 Å². The highest BCUT2D eigenvalue weighted by Crippen LogP contribution is 2.18. The molecule has 0 amide bonds. The van der Waals surface area contributed by atoms with Crippen LogP contribution in [0.3, 0.4) is 0 Å². The van der Waals surface area contributed by atoms with Gasteiger partial charge in [0.1, 0.15) is 12.4 Å². The zero-order valence-electron chi connectivity index (χ0n) is 12.9. The molecule has 0 radical (unpaired) electrons. The lowest BCUT2D eigenvalue weighted by Gasteiger charge is -2.17. The van der Waals surface area contributed by atoms with E-state index in [1.54, 1.807) is 11.3 Å². The summed E-state index contributed by atoms with van der Waals surface area (Å²) in [5.41, 5.74) is 4.23. The van der Waals surface area contributed by atoms with E-state index in [2.05, 4.69) is 35.2 Å². The van der Waals surface area contributed by atoms with Gasteiger partial charge in [0, 0.05) is 30.1 Å². The maximum Gasteiger partial charge on any atom is 0.123 e. The van der Waals surface area contributed by atoms with Gasteiger partial charge in [0.2, 0.25) is 0 Å². The molecule has 0 saturated heterocycles. The molecule has 1 aromatic heterocycles. The van der Waals surface area contributed by atoms with E-state index in [1.165, 1.54) is 10.4 Å². The van der Waals surface area contributed by atoms with Crippen molar-refractivity contribution < 1.29 is 4.74 Å². The van der Waals surface area contributed by atoms with Crippen LogP contribution in [0.1, 0.15) is 16.1 Å². The Morgan fingerprint density at radius 3 is 2.86 bits per heavy atom. The standard InChI is InChI=1S/C16H23N3OS/c1-13-16(21-12-18-13)11-19(3)8-9-20-15-7-5-4-6-14(15)10-17-2/h4-7,12,17H,8-11H2,1-3H3. The summed E-state index contributed by atoms with van der Waals surface area (Å²) in [5, 5.41) is 3.16. The van der Waals surface area contributed by atoms with Gasteiger partial charge in [-0.1, -0.05) is 18.2 Å². The summed E-state index contributed by atoms with van der Waals surface area (Å²) in [4.78, 5) is 7.88. The highest BCUT2D eigenvalue weighted by Gasteiger charge is 2.07. The molecule has 1 N–H and O–H groups in total. The Hall–Kier alpha value is -1.43. The molecule has 0 aliphatic heterocycles. The Labute approximate surface area is 130 Å². The number of para-hydroxylation sites is 1. The van der Waals surface area contributed by atoms with Crippen molar-refractivity contribution in [2.75, 3.05) is 27.2 Å². The number of aryl methyl sites for hydroxylation is 1. The Kier molecular flexibility index (Phi) is 6.17. The van der Waals surface area contributed by atoms with Crippen LogP contribution in [0.25, 0.3) is 0 Å². The molecule has 0 fully saturated rings. The summed E-state index contributed by atoms with van der Waals surface area (Å²) in [7, 11) is 4.06. The topological polar surface area (TPSA) is 37.4 Å². The van der Waals surface area contributed by atoms with E-state index in [1.807, 2.05) is 30.8 Å². The molecule has 0 spiro atoms. The third kappa shape index (κ3) is 4.81. The minimum Gasteiger partial charge on any atom is -0.492 e. The number of nitrogens with zero attached hydrogens (tertiary/aromatic N) is 2. The van der Waals surface area contributed by atoms with Crippen molar-refractivity contribution in [1.29, 1.82) is 0 Å². The molecular weight excluding hydrogens is 282 g/mol. The van der Waals surface area contributed by atoms with Gasteiger partial charge in [-0.2, -0.15) is 0 Å². The van der Waals surface area contributed by atoms with Crippen LogP contribution < -0.4 is 10.1 Å². The molecule has 0 aliphatic rings. The second-order valence-electron chi connectivity index (χ2n) is 5.09. The van der Waals surface area contributed by atoms with Crippen molar-refractivity contribution in [3.8, 4) is 5.75 Å². The fraction of sp³-hybridized carbons (Fsp3) is 0.438. The molecule has 0 atom stereocenters.